The topological polar surface area (TPSA) is 79.4 Å². The van der Waals surface area contributed by atoms with Crippen molar-refractivity contribution in [2.75, 3.05) is 31.5 Å². The van der Waals surface area contributed by atoms with Crippen molar-refractivity contribution in [2.24, 2.45) is 0 Å². The van der Waals surface area contributed by atoms with Crippen LogP contribution < -0.4 is 15.4 Å². The van der Waals surface area contributed by atoms with E-state index in [1.165, 1.54) is 62.1 Å². The molecule has 0 spiro atoms. The van der Waals surface area contributed by atoms with Gasteiger partial charge in [0.25, 0.3) is 5.91 Å². The molecule has 1 saturated carbocycles. The maximum absolute atomic E-state index is 14.1. The number of hydrogen-bond acceptors (Lipinski definition) is 7. The van der Waals surface area contributed by atoms with Crippen molar-refractivity contribution < 1.29 is 13.9 Å². The quantitative estimate of drug-likeness (QED) is 0.353. The largest absolute Gasteiger partial charge is 0.488 e. The average molecular weight is 512 g/mol. The lowest BCUT2D eigenvalue weighted by molar-refractivity contribution is 0.0955. The zero-order valence-electron chi connectivity index (χ0n) is 20.8. The SMILES string of the molecule is Cc1c(C(=O)NCCCN2CCCC2)sc2ncnc(Nc3ccc(F)cc3OC3CCCCC3)c12. The monoisotopic (exact) mass is 511 g/mol. The molecular weight excluding hydrogens is 477 g/mol. The number of thiophene rings is 1. The molecule has 0 atom stereocenters. The highest BCUT2D eigenvalue weighted by molar-refractivity contribution is 7.20. The van der Waals surface area contributed by atoms with Crippen molar-refractivity contribution in [3.05, 3.63) is 40.8 Å². The first-order chi connectivity index (χ1) is 17.6. The summed E-state index contributed by atoms with van der Waals surface area (Å²) >= 11 is 1.37. The molecule has 2 fully saturated rings. The number of aromatic nitrogens is 2. The van der Waals surface area contributed by atoms with Crippen LogP contribution in [0.15, 0.2) is 24.5 Å². The fourth-order valence-corrected chi connectivity index (χ4v) is 6.23. The van der Waals surface area contributed by atoms with Gasteiger partial charge in [0.2, 0.25) is 0 Å². The third-order valence-corrected chi connectivity index (χ3v) is 8.31. The van der Waals surface area contributed by atoms with Crippen molar-refractivity contribution in [3.8, 4) is 5.75 Å². The molecule has 1 saturated heterocycles. The van der Waals surface area contributed by atoms with E-state index in [0.717, 1.165) is 54.4 Å². The Kier molecular flexibility index (Phi) is 7.96. The molecule has 36 heavy (non-hydrogen) atoms. The zero-order chi connectivity index (χ0) is 24.9. The van der Waals surface area contributed by atoms with Gasteiger partial charge in [0.05, 0.1) is 22.1 Å². The number of amides is 1. The number of nitrogens with one attached hydrogen (secondary N) is 2. The van der Waals surface area contributed by atoms with Crippen LogP contribution >= 0.6 is 11.3 Å². The van der Waals surface area contributed by atoms with Crippen molar-refractivity contribution in [1.29, 1.82) is 0 Å². The van der Waals surface area contributed by atoms with E-state index in [1.807, 2.05) is 6.92 Å². The molecule has 2 N–H and O–H groups in total. The molecule has 1 aliphatic carbocycles. The second kappa shape index (κ2) is 11.5. The lowest BCUT2D eigenvalue weighted by Crippen LogP contribution is -2.28. The van der Waals surface area contributed by atoms with Gasteiger partial charge >= 0.3 is 0 Å². The number of anilines is 2. The molecule has 0 unspecified atom stereocenters. The molecule has 0 bridgehead atoms. The molecule has 192 valence electrons. The summed E-state index contributed by atoms with van der Waals surface area (Å²) in [5.74, 6) is 0.653. The number of carbonyl (C=O) groups is 1. The van der Waals surface area contributed by atoms with Crippen LogP contribution in [0.2, 0.25) is 0 Å². The summed E-state index contributed by atoms with van der Waals surface area (Å²) in [5, 5.41) is 7.21. The van der Waals surface area contributed by atoms with E-state index in [9.17, 15) is 9.18 Å². The van der Waals surface area contributed by atoms with Gasteiger partial charge in [-0.25, -0.2) is 14.4 Å². The van der Waals surface area contributed by atoms with E-state index >= 15 is 0 Å². The van der Waals surface area contributed by atoms with Crippen molar-refractivity contribution in [3.63, 3.8) is 0 Å². The van der Waals surface area contributed by atoms with Gasteiger partial charge in [-0.3, -0.25) is 4.79 Å². The second-order valence-electron chi connectivity index (χ2n) is 9.76. The van der Waals surface area contributed by atoms with Crippen molar-refractivity contribution >= 4 is 39.0 Å². The Labute approximate surface area is 215 Å². The van der Waals surface area contributed by atoms with Gasteiger partial charge in [0.15, 0.2) is 0 Å². The Bertz CT molecular complexity index is 1200. The number of likely N-dealkylation sites (tertiary alicyclic amines) is 1. The van der Waals surface area contributed by atoms with Gasteiger partial charge in [-0.1, -0.05) is 6.42 Å². The average Bonchev–Trinajstić information content (AvgIpc) is 3.52. The normalized spacial score (nSPS) is 16.9. The van der Waals surface area contributed by atoms with E-state index in [4.69, 9.17) is 4.74 Å². The van der Waals surface area contributed by atoms with Crippen LogP contribution in [0, 0.1) is 12.7 Å². The third kappa shape index (κ3) is 5.78. The molecule has 2 aromatic heterocycles. The Balaban J connectivity index is 1.31. The summed E-state index contributed by atoms with van der Waals surface area (Å²) in [6.45, 7) is 5.93. The van der Waals surface area contributed by atoms with E-state index in [2.05, 4.69) is 25.5 Å². The van der Waals surface area contributed by atoms with E-state index in [1.54, 1.807) is 6.07 Å². The third-order valence-electron chi connectivity index (χ3n) is 7.11. The van der Waals surface area contributed by atoms with E-state index < -0.39 is 0 Å². The number of rotatable bonds is 9. The van der Waals surface area contributed by atoms with Gasteiger partial charge in [-0.15, -0.1) is 11.3 Å². The lowest BCUT2D eigenvalue weighted by atomic mass is 9.98. The molecule has 2 aliphatic rings. The summed E-state index contributed by atoms with van der Waals surface area (Å²) in [4.78, 5) is 25.7. The molecule has 9 heteroatoms. The number of hydrogen-bond donors (Lipinski definition) is 2. The molecule has 1 aromatic carbocycles. The molecular formula is C27H34FN5O2S. The smallest absolute Gasteiger partial charge is 0.261 e. The van der Waals surface area contributed by atoms with Gasteiger partial charge in [0.1, 0.15) is 28.5 Å². The van der Waals surface area contributed by atoms with Crippen LogP contribution in [-0.2, 0) is 0 Å². The molecule has 5 rings (SSSR count). The minimum absolute atomic E-state index is 0.0778. The van der Waals surface area contributed by atoms with Crippen LogP contribution in [0.3, 0.4) is 0 Å². The van der Waals surface area contributed by atoms with Gasteiger partial charge in [-0.05, 0) is 89.2 Å². The summed E-state index contributed by atoms with van der Waals surface area (Å²) < 4.78 is 20.3. The highest BCUT2D eigenvalue weighted by atomic mass is 32.1. The Morgan fingerprint density at radius 2 is 1.97 bits per heavy atom. The fraction of sp³-hybridized carbons (Fsp3) is 0.519. The maximum Gasteiger partial charge on any atom is 0.261 e. The molecule has 7 nitrogen and oxygen atoms in total. The van der Waals surface area contributed by atoms with Crippen molar-refractivity contribution in [1.82, 2.24) is 20.2 Å². The number of ether oxygens (including phenoxy) is 1. The summed E-state index contributed by atoms with van der Waals surface area (Å²) in [5.41, 5.74) is 1.49. The molecule has 0 radical (unpaired) electrons. The Morgan fingerprint density at radius 1 is 1.17 bits per heavy atom. The van der Waals surface area contributed by atoms with Gasteiger partial charge in [-0.2, -0.15) is 0 Å². The number of aryl methyl sites for hydroxylation is 1. The highest BCUT2D eigenvalue weighted by Gasteiger charge is 2.21. The number of halogens is 1. The first-order valence-corrected chi connectivity index (χ1v) is 13.9. The first kappa shape index (κ1) is 24.9. The van der Waals surface area contributed by atoms with Crippen LogP contribution in [0.25, 0.3) is 10.2 Å². The number of nitrogens with zero attached hydrogens (tertiary/aromatic N) is 3. The highest BCUT2D eigenvalue weighted by Crippen LogP contribution is 2.37. The predicted octanol–water partition coefficient (Wildman–Crippen LogP) is 5.81. The first-order valence-electron chi connectivity index (χ1n) is 13.1. The van der Waals surface area contributed by atoms with E-state index in [-0.39, 0.29) is 17.8 Å². The standard InChI is InChI=1S/C27H34FN5O2S/c1-18-23-25(32-21-11-10-19(28)16-22(21)35-20-8-3-2-4-9-20)30-17-31-27(23)36-24(18)26(34)29-12-7-15-33-13-5-6-14-33/h10-11,16-17,20H,2-9,12-15H2,1H3,(H,29,34)(H,30,31,32). The molecule has 1 aliphatic heterocycles. The minimum atomic E-state index is -0.338. The minimum Gasteiger partial charge on any atom is -0.488 e. The van der Waals surface area contributed by atoms with Gasteiger partial charge in [0, 0.05) is 12.6 Å². The van der Waals surface area contributed by atoms with Crippen LogP contribution in [-0.4, -0.2) is 53.1 Å². The molecule has 1 amide bonds. The van der Waals surface area contributed by atoms with E-state index in [0.29, 0.717) is 28.7 Å². The lowest BCUT2D eigenvalue weighted by Gasteiger charge is -2.24. The molecule has 3 aromatic rings. The van der Waals surface area contributed by atoms with Crippen LogP contribution in [0.5, 0.6) is 5.75 Å². The Morgan fingerprint density at radius 3 is 2.78 bits per heavy atom. The second-order valence-corrected chi connectivity index (χ2v) is 10.8. The summed E-state index contributed by atoms with van der Waals surface area (Å²) in [6, 6.07) is 4.52. The van der Waals surface area contributed by atoms with Crippen LogP contribution in [0.4, 0.5) is 15.9 Å². The van der Waals surface area contributed by atoms with Gasteiger partial charge < -0.3 is 20.3 Å². The number of carbonyl (C=O) groups excluding carboxylic acids is 1. The van der Waals surface area contributed by atoms with Crippen LogP contribution in [0.1, 0.15) is 66.6 Å². The maximum atomic E-state index is 14.1. The number of benzene rings is 1. The Hall–Kier alpha value is -2.78. The van der Waals surface area contributed by atoms with Crippen molar-refractivity contribution in [2.45, 2.75) is 64.4 Å². The fourth-order valence-electron chi connectivity index (χ4n) is 5.16. The molecule has 3 heterocycles. The summed E-state index contributed by atoms with van der Waals surface area (Å²) in [7, 11) is 0. The predicted molar refractivity (Wildman–Crippen MR) is 142 cm³/mol. The number of fused-ring (bicyclic) bond motifs is 1. The summed E-state index contributed by atoms with van der Waals surface area (Å²) in [6.07, 6.45) is 10.5. The zero-order valence-corrected chi connectivity index (χ0v) is 21.6.